The van der Waals surface area contributed by atoms with Crippen LogP contribution in [0.15, 0.2) is 0 Å². The van der Waals surface area contributed by atoms with E-state index in [1.165, 1.54) is 19.8 Å². The van der Waals surface area contributed by atoms with Gasteiger partial charge in [-0.1, -0.05) is 26.2 Å². The van der Waals surface area contributed by atoms with Crippen molar-refractivity contribution in [2.45, 2.75) is 52.1 Å². The fourth-order valence-corrected chi connectivity index (χ4v) is 1.19. The van der Waals surface area contributed by atoms with Crippen molar-refractivity contribution in [3.8, 4) is 12.0 Å². The van der Waals surface area contributed by atoms with Crippen molar-refractivity contribution < 1.29 is 14.6 Å². The van der Waals surface area contributed by atoms with E-state index in [2.05, 4.69) is 12.8 Å². The van der Waals surface area contributed by atoms with Gasteiger partial charge in [0.25, 0.3) is 0 Å². The summed E-state index contributed by atoms with van der Waals surface area (Å²) in [5.74, 6) is 2.10. The number of esters is 1. The highest BCUT2D eigenvalue weighted by Crippen LogP contribution is 2.07. The lowest BCUT2D eigenvalue weighted by molar-refractivity contribution is -0.144. The van der Waals surface area contributed by atoms with Gasteiger partial charge in [-0.05, 0) is 18.8 Å². The van der Waals surface area contributed by atoms with Gasteiger partial charge in [-0.3, -0.25) is 4.79 Å². The van der Waals surface area contributed by atoms with Gasteiger partial charge in [0, 0.05) is 6.92 Å². The summed E-state index contributed by atoms with van der Waals surface area (Å²) in [5, 5.41) is 8.40. The Bertz CT molecular complexity index is 212. The van der Waals surface area contributed by atoms with Gasteiger partial charge in [0.05, 0.1) is 0 Å². The van der Waals surface area contributed by atoms with Gasteiger partial charge in [0.15, 0.2) is 6.10 Å². The highest BCUT2D eigenvalue weighted by molar-refractivity contribution is 5.66. The Kier molecular flexibility index (Phi) is 7.72. The molecule has 0 rings (SSSR count). The van der Waals surface area contributed by atoms with Crippen LogP contribution in [0, 0.1) is 12.0 Å². The van der Waals surface area contributed by atoms with Gasteiger partial charge >= 0.3 is 5.97 Å². The second kappa shape index (κ2) is 8.43. The first-order chi connectivity index (χ1) is 6.70. The molecule has 0 aromatic rings. The Hall–Kier alpha value is -1.17. The molecule has 3 heteroatoms. The van der Waals surface area contributed by atoms with Crippen LogP contribution in [0.4, 0.5) is 0 Å². The molecule has 80 valence electrons. The molecule has 0 aliphatic carbocycles. The summed E-state index contributed by atoms with van der Waals surface area (Å²) in [7, 11) is 0. The Morgan fingerprint density at radius 3 is 2.64 bits per heavy atom. The van der Waals surface area contributed by atoms with E-state index in [9.17, 15) is 4.79 Å². The summed E-state index contributed by atoms with van der Waals surface area (Å²) >= 11 is 0. The molecular formula is C11H18O3. The van der Waals surface area contributed by atoms with Crippen molar-refractivity contribution >= 4 is 5.97 Å². The van der Waals surface area contributed by atoms with Crippen molar-refractivity contribution in [2.24, 2.45) is 0 Å². The highest BCUT2D eigenvalue weighted by Gasteiger charge is 2.07. The lowest BCUT2D eigenvalue weighted by atomic mass is 10.1. The van der Waals surface area contributed by atoms with Crippen molar-refractivity contribution in [1.29, 1.82) is 0 Å². The van der Waals surface area contributed by atoms with E-state index in [1.54, 1.807) is 6.11 Å². The molecule has 0 fully saturated rings. The zero-order valence-corrected chi connectivity index (χ0v) is 8.88. The summed E-state index contributed by atoms with van der Waals surface area (Å²) in [4.78, 5) is 10.6. The van der Waals surface area contributed by atoms with Gasteiger partial charge < -0.3 is 9.84 Å². The van der Waals surface area contributed by atoms with Crippen LogP contribution >= 0.6 is 0 Å². The largest absolute Gasteiger partial charge is 0.462 e. The number of ether oxygens (including phenoxy) is 1. The molecule has 0 amide bonds. The molecule has 0 saturated heterocycles. The number of rotatable bonds is 6. The maximum absolute atomic E-state index is 10.6. The summed E-state index contributed by atoms with van der Waals surface area (Å²) in [6.45, 7) is 3.48. The van der Waals surface area contributed by atoms with Gasteiger partial charge in [-0.2, -0.15) is 0 Å². The first kappa shape index (κ1) is 12.8. The number of carbonyl (C=O) groups excluding carboxylic acids is 1. The molecule has 0 aliphatic heterocycles. The first-order valence-electron chi connectivity index (χ1n) is 5.02. The van der Waals surface area contributed by atoms with Crippen LogP contribution in [0.5, 0.6) is 0 Å². The predicted octanol–water partition coefficient (Wildman–Crippen LogP) is 2.22. The maximum Gasteiger partial charge on any atom is 0.303 e. The third-order valence-corrected chi connectivity index (χ3v) is 1.85. The number of unbranched alkanes of at least 4 members (excludes halogenated alkanes) is 3. The zero-order chi connectivity index (χ0) is 10.8. The van der Waals surface area contributed by atoms with Crippen LogP contribution in [0.2, 0.25) is 0 Å². The zero-order valence-electron chi connectivity index (χ0n) is 8.88. The van der Waals surface area contributed by atoms with Crippen LogP contribution in [-0.2, 0) is 9.53 Å². The minimum absolute atomic E-state index is 0.353. The molecule has 0 spiro atoms. The third-order valence-electron chi connectivity index (χ3n) is 1.85. The van der Waals surface area contributed by atoms with E-state index >= 15 is 0 Å². The standard InChI is InChI=1S/C11H18O3/c1-3-4-5-6-7-11(8-9-12)14-10(2)13/h11-12H,3-7H2,1-2H3. The number of aliphatic hydroxyl groups is 1. The first-order valence-corrected chi connectivity index (χ1v) is 5.02. The Morgan fingerprint density at radius 1 is 1.43 bits per heavy atom. The van der Waals surface area contributed by atoms with Crippen molar-refractivity contribution in [3.05, 3.63) is 0 Å². The smallest absolute Gasteiger partial charge is 0.303 e. The number of aliphatic hydroxyl groups excluding tert-OH is 1. The van der Waals surface area contributed by atoms with Crippen LogP contribution in [0.25, 0.3) is 0 Å². The lowest BCUT2D eigenvalue weighted by Crippen LogP contribution is -2.14. The van der Waals surface area contributed by atoms with Crippen LogP contribution in [0.3, 0.4) is 0 Å². The Morgan fingerprint density at radius 2 is 2.14 bits per heavy atom. The third kappa shape index (κ3) is 7.48. The topological polar surface area (TPSA) is 46.5 Å². The molecule has 0 aliphatic rings. The SMILES string of the molecule is CCCCCCC(C#CO)OC(C)=O. The van der Waals surface area contributed by atoms with Crippen LogP contribution in [-0.4, -0.2) is 17.2 Å². The lowest BCUT2D eigenvalue weighted by Gasteiger charge is -2.09. The average Bonchev–Trinajstić information content (AvgIpc) is 2.12. The van der Waals surface area contributed by atoms with Crippen molar-refractivity contribution in [3.63, 3.8) is 0 Å². The van der Waals surface area contributed by atoms with Gasteiger partial charge in [0.2, 0.25) is 0 Å². The minimum atomic E-state index is -0.450. The molecule has 0 aromatic carbocycles. The number of hydrogen-bond acceptors (Lipinski definition) is 3. The molecule has 14 heavy (non-hydrogen) atoms. The molecule has 0 heterocycles. The summed E-state index contributed by atoms with van der Waals surface area (Å²) in [5.41, 5.74) is 0. The predicted molar refractivity (Wildman–Crippen MR) is 54.0 cm³/mol. The fourth-order valence-electron chi connectivity index (χ4n) is 1.19. The molecule has 0 saturated carbocycles. The molecule has 3 nitrogen and oxygen atoms in total. The summed E-state index contributed by atoms with van der Waals surface area (Å²) in [6, 6.07) is 0. The van der Waals surface area contributed by atoms with E-state index in [1.807, 2.05) is 0 Å². The second-order valence-electron chi connectivity index (χ2n) is 3.20. The highest BCUT2D eigenvalue weighted by atomic mass is 16.5. The molecule has 0 radical (unpaired) electrons. The van der Waals surface area contributed by atoms with Crippen molar-refractivity contribution in [1.82, 2.24) is 0 Å². The van der Waals surface area contributed by atoms with Gasteiger partial charge in [0.1, 0.15) is 6.11 Å². The summed E-state index contributed by atoms with van der Waals surface area (Å²) < 4.78 is 4.90. The van der Waals surface area contributed by atoms with Crippen LogP contribution < -0.4 is 0 Å². The minimum Gasteiger partial charge on any atom is -0.462 e. The molecule has 0 bridgehead atoms. The quantitative estimate of drug-likeness (QED) is 0.404. The Labute approximate surface area is 85.5 Å². The molecule has 1 atom stereocenters. The monoisotopic (exact) mass is 198 g/mol. The second-order valence-corrected chi connectivity index (χ2v) is 3.20. The normalized spacial score (nSPS) is 11.3. The molecular weight excluding hydrogens is 180 g/mol. The number of hydrogen-bond donors (Lipinski definition) is 1. The number of carbonyl (C=O) groups is 1. The Balaban J connectivity index is 3.72. The summed E-state index contributed by atoms with van der Waals surface area (Å²) in [6.07, 6.45) is 6.47. The van der Waals surface area contributed by atoms with E-state index in [0.717, 1.165) is 12.8 Å². The molecule has 0 aromatic heterocycles. The van der Waals surface area contributed by atoms with Gasteiger partial charge in [-0.25, -0.2) is 0 Å². The van der Waals surface area contributed by atoms with E-state index < -0.39 is 6.10 Å². The maximum atomic E-state index is 10.6. The van der Waals surface area contributed by atoms with Crippen LogP contribution in [0.1, 0.15) is 46.0 Å². The average molecular weight is 198 g/mol. The molecule has 1 N–H and O–H groups in total. The van der Waals surface area contributed by atoms with Crippen molar-refractivity contribution in [2.75, 3.05) is 0 Å². The van der Waals surface area contributed by atoms with E-state index in [0.29, 0.717) is 6.42 Å². The fraction of sp³-hybridized carbons (Fsp3) is 0.727. The van der Waals surface area contributed by atoms with E-state index in [4.69, 9.17) is 9.84 Å². The molecule has 1 unspecified atom stereocenters. The van der Waals surface area contributed by atoms with E-state index in [-0.39, 0.29) is 5.97 Å². The van der Waals surface area contributed by atoms with Gasteiger partial charge in [-0.15, -0.1) is 0 Å².